The average Bonchev–Trinajstić information content (AvgIpc) is 2.04. The lowest BCUT2D eigenvalue weighted by Crippen LogP contribution is -2.28. The van der Waals surface area contributed by atoms with Crippen LogP contribution in [-0.2, 0) is 4.79 Å². The van der Waals surface area contributed by atoms with Crippen LogP contribution in [0.1, 0.15) is 26.2 Å². The summed E-state index contributed by atoms with van der Waals surface area (Å²) in [6.45, 7) is 2.65. The summed E-state index contributed by atoms with van der Waals surface area (Å²) in [5, 5.41) is 0. The van der Waals surface area contributed by atoms with Crippen LogP contribution < -0.4 is 7.06 Å². The van der Waals surface area contributed by atoms with Gasteiger partial charge in [0, 0.05) is 52.3 Å². The van der Waals surface area contributed by atoms with Gasteiger partial charge in [0.2, 0.25) is 0 Å². The number of rotatable bonds is 7. The Morgan fingerprint density at radius 1 is 1.42 bits per heavy atom. The van der Waals surface area contributed by atoms with Gasteiger partial charge < -0.3 is 0 Å². The highest BCUT2D eigenvalue weighted by atomic mass is 127. The summed E-state index contributed by atoms with van der Waals surface area (Å²) in [4.78, 5) is 11.0. The quantitative estimate of drug-likeness (QED) is 0.393. The van der Waals surface area contributed by atoms with Gasteiger partial charge in [-0.15, -0.1) is 0 Å². The lowest BCUT2D eigenvalue weighted by Gasteiger charge is -2.10. The molecule has 2 N–H and O–H groups in total. The normalized spacial score (nSPS) is 12.9. The van der Waals surface area contributed by atoms with Gasteiger partial charge in [0.1, 0.15) is 5.78 Å². The minimum absolute atomic E-state index is 0.0415. The number of nitrogens with one attached hydrogen (secondary N) is 2. The zero-order chi connectivity index (χ0) is 9.40. The maximum atomic E-state index is 11.0. The Morgan fingerprint density at radius 2 is 2.08 bits per heavy atom. The Hall–Kier alpha value is 1.05. The second-order valence-electron chi connectivity index (χ2n) is 2.65. The van der Waals surface area contributed by atoms with Crippen LogP contribution in [-0.4, -0.2) is 18.4 Å². The minimum Gasteiger partial charge on any atom is -0.298 e. The van der Waals surface area contributed by atoms with E-state index in [4.69, 9.17) is 0 Å². The first-order valence-corrected chi connectivity index (χ1v) is 6.08. The zero-order valence-corrected chi connectivity index (χ0v) is 11.4. The van der Waals surface area contributed by atoms with E-state index in [1.807, 2.05) is 22.9 Å². The molecule has 0 amide bonds. The molecule has 0 aliphatic carbocycles. The van der Waals surface area contributed by atoms with E-state index in [1.165, 1.54) is 0 Å². The Morgan fingerprint density at radius 3 is 2.50 bits per heavy atom. The molecule has 0 spiro atoms. The predicted octanol–water partition coefficient (Wildman–Crippen LogP) is 1.99. The van der Waals surface area contributed by atoms with Crippen molar-refractivity contribution in [3.63, 3.8) is 0 Å². The molecule has 0 saturated heterocycles. The molecule has 0 aromatic heterocycles. The van der Waals surface area contributed by atoms with Crippen molar-refractivity contribution >= 4 is 51.5 Å². The van der Waals surface area contributed by atoms with Gasteiger partial charge in [0.25, 0.3) is 0 Å². The molecular weight excluding hydrogens is 382 g/mol. The summed E-state index contributed by atoms with van der Waals surface area (Å²) >= 11 is 4.17. The zero-order valence-electron chi connectivity index (χ0n) is 7.07. The van der Waals surface area contributed by atoms with Crippen LogP contribution in [0.3, 0.4) is 0 Å². The van der Waals surface area contributed by atoms with Crippen LogP contribution in [0.15, 0.2) is 0 Å². The summed E-state index contributed by atoms with van der Waals surface area (Å²) in [5.74, 6) is 0.229. The fourth-order valence-corrected chi connectivity index (χ4v) is 2.01. The first kappa shape index (κ1) is 13.1. The maximum Gasteiger partial charge on any atom is 0.147 e. The van der Waals surface area contributed by atoms with Gasteiger partial charge in [-0.3, -0.25) is 11.9 Å². The third kappa shape index (κ3) is 6.55. The van der Waals surface area contributed by atoms with Crippen molar-refractivity contribution in [2.24, 2.45) is 0 Å². The van der Waals surface area contributed by atoms with Crippen LogP contribution in [0.5, 0.6) is 0 Å². The van der Waals surface area contributed by atoms with Crippen molar-refractivity contribution in [3.8, 4) is 0 Å². The maximum absolute atomic E-state index is 11.0. The molecule has 72 valence electrons. The molecule has 3 nitrogen and oxygen atoms in total. The summed E-state index contributed by atoms with van der Waals surface area (Å²) in [7, 11) is 0. The fraction of sp³-hybridized carbons (Fsp3) is 0.857. The second-order valence-corrected chi connectivity index (χ2v) is 4.04. The SMILES string of the molecule is CC(=O)C(CCCCNI)NI. The van der Waals surface area contributed by atoms with Crippen molar-refractivity contribution < 1.29 is 4.79 Å². The van der Waals surface area contributed by atoms with Crippen molar-refractivity contribution in [2.75, 3.05) is 6.54 Å². The molecule has 0 bridgehead atoms. The van der Waals surface area contributed by atoms with E-state index >= 15 is 0 Å². The van der Waals surface area contributed by atoms with Crippen LogP contribution in [0, 0.1) is 0 Å². The van der Waals surface area contributed by atoms with Gasteiger partial charge in [-0.2, -0.15) is 0 Å². The Bertz CT molecular complexity index is 133. The van der Waals surface area contributed by atoms with E-state index < -0.39 is 0 Å². The Balaban J connectivity index is 3.38. The number of hydrogen-bond donors (Lipinski definition) is 2. The number of unbranched alkanes of at least 4 members (excludes halogenated alkanes) is 1. The van der Waals surface area contributed by atoms with Crippen molar-refractivity contribution in [2.45, 2.75) is 32.2 Å². The highest BCUT2D eigenvalue weighted by Crippen LogP contribution is 2.03. The summed E-state index contributed by atoms with van der Waals surface area (Å²) < 4.78 is 6.03. The number of Topliss-reactive ketones (excluding diaryl/α,β-unsaturated/α-hetero) is 1. The lowest BCUT2D eigenvalue weighted by atomic mass is 10.1. The third-order valence-corrected chi connectivity index (χ3v) is 2.93. The molecule has 1 atom stereocenters. The smallest absolute Gasteiger partial charge is 0.147 e. The molecule has 0 aliphatic rings. The standard InChI is InChI=1S/C7H14I2N2O/c1-6(12)7(11-9)4-2-3-5-10-8/h7,10-11H,2-5H2,1H3. The average molecular weight is 396 g/mol. The molecule has 0 saturated carbocycles. The molecule has 12 heavy (non-hydrogen) atoms. The molecule has 1 unspecified atom stereocenters. The molecule has 0 fully saturated rings. The van der Waals surface area contributed by atoms with E-state index in [9.17, 15) is 4.79 Å². The molecule has 0 heterocycles. The molecule has 0 radical (unpaired) electrons. The number of carbonyl (C=O) groups is 1. The Kier molecular flexibility index (Phi) is 9.40. The first-order chi connectivity index (χ1) is 5.72. The molecule has 0 aromatic rings. The fourth-order valence-electron chi connectivity index (χ4n) is 0.875. The monoisotopic (exact) mass is 396 g/mol. The molecular formula is C7H14I2N2O. The van der Waals surface area contributed by atoms with Gasteiger partial charge in [-0.1, -0.05) is 6.42 Å². The van der Waals surface area contributed by atoms with Crippen LogP contribution in [0.4, 0.5) is 0 Å². The van der Waals surface area contributed by atoms with Gasteiger partial charge in [0.05, 0.1) is 6.04 Å². The van der Waals surface area contributed by atoms with Crippen molar-refractivity contribution in [3.05, 3.63) is 0 Å². The van der Waals surface area contributed by atoms with E-state index in [0.29, 0.717) is 0 Å². The van der Waals surface area contributed by atoms with E-state index in [0.717, 1.165) is 25.8 Å². The topological polar surface area (TPSA) is 41.1 Å². The number of hydrogen-bond acceptors (Lipinski definition) is 3. The minimum atomic E-state index is 0.0415. The van der Waals surface area contributed by atoms with Gasteiger partial charge >= 0.3 is 0 Å². The highest BCUT2D eigenvalue weighted by Gasteiger charge is 2.10. The summed E-state index contributed by atoms with van der Waals surface area (Å²) in [5.41, 5.74) is 0. The molecule has 5 heteroatoms. The highest BCUT2D eigenvalue weighted by molar-refractivity contribution is 14.1. The van der Waals surface area contributed by atoms with Gasteiger partial charge in [0.15, 0.2) is 0 Å². The third-order valence-electron chi connectivity index (χ3n) is 1.64. The van der Waals surface area contributed by atoms with E-state index in [-0.39, 0.29) is 11.8 Å². The second kappa shape index (κ2) is 8.64. The first-order valence-electron chi connectivity index (χ1n) is 3.92. The van der Waals surface area contributed by atoms with Gasteiger partial charge in [-0.05, 0) is 19.8 Å². The molecule has 0 aromatic carbocycles. The number of ketones is 1. The Labute approximate surface area is 101 Å². The predicted molar refractivity (Wildman–Crippen MR) is 67.5 cm³/mol. The van der Waals surface area contributed by atoms with Crippen molar-refractivity contribution in [1.82, 2.24) is 7.06 Å². The summed E-state index contributed by atoms with van der Waals surface area (Å²) in [6.07, 6.45) is 3.16. The number of halogens is 2. The number of carbonyl (C=O) groups excluding carboxylic acids is 1. The van der Waals surface area contributed by atoms with E-state index in [2.05, 4.69) is 29.9 Å². The lowest BCUT2D eigenvalue weighted by molar-refractivity contribution is -0.118. The van der Waals surface area contributed by atoms with Crippen LogP contribution >= 0.6 is 45.7 Å². The summed E-state index contributed by atoms with van der Waals surface area (Å²) in [6, 6.07) is 0.0415. The van der Waals surface area contributed by atoms with E-state index in [1.54, 1.807) is 6.92 Å². The molecule has 0 aliphatic heterocycles. The van der Waals surface area contributed by atoms with Gasteiger partial charge in [-0.25, -0.2) is 0 Å². The largest absolute Gasteiger partial charge is 0.298 e. The van der Waals surface area contributed by atoms with Crippen LogP contribution in [0.2, 0.25) is 0 Å². The molecule has 0 rings (SSSR count). The van der Waals surface area contributed by atoms with Crippen molar-refractivity contribution in [1.29, 1.82) is 0 Å². The van der Waals surface area contributed by atoms with Crippen LogP contribution in [0.25, 0.3) is 0 Å².